The summed E-state index contributed by atoms with van der Waals surface area (Å²) in [7, 11) is 0. The van der Waals surface area contributed by atoms with E-state index >= 15 is 0 Å². The van der Waals surface area contributed by atoms with Crippen LogP contribution in [0, 0.1) is 5.82 Å². The van der Waals surface area contributed by atoms with Crippen LogP contribution in [0.25, 0.3) is 10.8 Å². The quantitative estimate of drug-likeness (QED) is 0.653. The normalized spacial score (nSPS) is 10.7. The third-order valence-corrected chi connectivity index (χ3v) is 3.92. The Balaban J connectivity index is 2.21. The van der Waals surface area contributed by atoms with Gasteiger partial charge in [0.2, 0.25) is 0 Å². The van der Waals surface area contributed by atoms with Gasteiger partial charge < -0.3 is 0 Å². The molecule has 0 aliphatic rings. The second-order valence-corrected chi connectivity index (χ2v) is 5.13. The number of pyridine rings is 1. The summed E-state index contributed by atoms with van der Waals surface area (Å²) in [6, 6.07) is 11.9. The fourth-order valence-electron chi connectivity index (χ4n) is 2.12. The Morgan fingerprint density at radius 1 is 1.00 bits per heavy atom. The lowest BCUT2D eigenvalue weighted by atomic mass is 10.00. The van der Waals surface area contributed by atoms with Crippen molar-refractivity contribution in [3.63, 3.8) is 0 Å². The maximum Gasteiger partial charge on any atom is 0.196 e. The number of carbonyl (C=O) groups excluding carboxylic acids is 1. The largest absolute Gasteiger partial charge is 0.288 e. The van der Waals surface area contributed by atoms with E-state index in [4.69, 9.17) is 0 Å². The fraction of sp³-hybridized carbons (Fsp3) is 0. The molecule has 0 amide bonds. The molecule has 0 aliphatic carbocycles. The fourth-order valence-corrected chi connectivity index (χ4v) is 2.57. The molecule has 3 aromatic rings. The minimum Gasteiger partial charge on any atom is -0.288 e. The summed E-state index contributed by atoms with van der Waals surface area (Å²) in [4.78, 5) is 16.7. The maximum atomic E-state index is 13.6. The molecule has 2 nitrogen and oxygen atoms in total. The highest BCUT2D eigenvalue weighted by atomic mass is 79.9. The van der Waals surface area contributed by atoms with Crippen molar-refractivity contribution in [2.75, 3.05) is 0 Å². The van der Waals surface area contributed by atoms with Gasteiger partial charge in [0.25, 0.3) is 0 Å². The van der Waals surface area contributed by atoms with Crippen molar-refractivity contribution in [2.24, 2.45) is 0 Å². The number of hydrogen-bond acceptors (Lipinski definition) is 2. The van der Waals surface area contributed by atoms with Gasteiger partial charge in [-0.15, -0.1) is 0 Å². The second kappa shape index (κ2) is 5.13. The summed E-state index contributed by atoms with van der Waals surface area (Å²) < 4.78 is 13.7. The van der Waals surface area contributed by atoms with Crippen molar-refractivity contribution in [3.8, 4) is 0 Å². The molecule has 0 unspecified atom stereocenters. The highest BCUT2D eigenvalue weighted by Crippen LogP contribution is 2.26. The molecule has 4 heteroatoms. The van der Waals surface area contributed by atoms with Crippen molar-refractivity contribution >= 4 is 32.5 Å². The van der Waals surface area contributed by atoms with E-state index in [2.05, 4.69) is 20.9 Å². The standard InChI is InChI=1S/C16H9BrFNO/c17-15-12(6-3-7-14(15)18)16(20)13-9-19-8-10-4-1-2-5-11(10)13/h1-9H. The number of halogens is 2. The number of hydrogen-bond donors (Lipinski definition) is 0. The van der Waals surface area contributed by atoms with Gasteiger partial charge in [0.05, 0.1) is 4.47 Å². The first-order valence-corrected chi connectivity index (χ1v) is 6.79. The third-order valence-electron chi connectivity index (χ3n) is 3.11. The minimum absolute atomic E-state index is 0.179. The topological polar surface area (TPSA) is 30.0 Å². The van der Waals surface area contributed by atoms with Gasteiger partial charge in [0, 0.05) is 28.9 Å². The summed E-state index contributed by atoms with van der Waals surface area (Å²) in [6.07, 6.45) is 3.22. The maximum absolute atomic E-state index is 13.6. The molecule has 0 aliphatic heterocycles. The van der Waals surface area contributed by atoms with E-state index in [-0.39, 0.29) is 10.3 Å². The minimum atomic E-state index is -0.455. The van der Waals surface area contributed by atoms with Gasteiger partial charge in [0.1, 0.15) is 5.82 Å². The van der Waals surface area contributed by atoms with Gasteiger partial charge in [-0.3, -0.25) is 9.78 Å². The Labute approximate surface area is 123 Å². The average Bonchev–Trinajstić information content (AvgIpc) is 2.49. The van der Waals surface area contributed by atoms with Gasteiger partial charge in [-0.05, 0) is 33.4 Å². The number of benzene rings is 2. The number of ketones is 1. The van der Waals surface area contributed by atoms with E-state index in [1.807, 2.05) is 24.3 Å². The third kappa shape index (κ3) is 2.12. The first-order valence-electron chi connectivity index (χ1n) is 6.00. The van der Waals surface area contributed by atoms with Gasteiger partial charge >= 0.3 is 0 Å². The van der Waals surface area contributed by atoms with Crippen LogP contribution in [0.15, 0.2) is 59.3 Å². The summed E-state index contributed by atoms with van der Waals surface area (Å²) in [5.74, 6) is -0.704. The number of nitrogens with zero attached hydrogens (tertiary/aromatic N) is 1. The zero-order valence-electron chi connectivity index (χ0n) is 10.3. The summed E-state index contributed by atoms with van der Waals surface area (Å²) >= 11 is 3.13. The first kappa shape index (κ1) is 12.9. The first-order chi connectivity index (χ1) is 9.68. The zero-order valence-corrected chi connectivity index (χ0v) is 11.9. The molecule has 0 saturated carbocycles. The Kier molecular flexibility index (Phi) is 3.32. The second-order valence-electron chi connectivity index (χ2n) is 4.34. The van der Waals surface area contributed by atoms with E-state index in [9.17, 15) is 9.18 Å². The van der Waals surface area contributed by atoms with E-state index in [1.54, 1.807) is 12.3 Å². The predicted molar refractivity (Wildman–Crippen MR) is 79.3 cm³/mol. The molecule has 0 spiro atoms. The molecule has 0 saturated heterocycles. The van der Waals surface area contributed by atoms with Crippen LogP contribution >= 0.6 is 15.9 Å². The lowest BCUT2D eigenvalue weighted by molar-refractivity contribution is 0.103. The predicted octanol–water partition coefficient (Wildman–Crippen LogP) is 4.37. The van der Waals surface area contributed by atoms with Gasteiger partial charge in [-0.25, -0.2) is 4.39 Å². The van der Waals surface area contributed by atoms with Gasteiger partial charge in [-0.1, -0.05) is 30.3 Å². The molecule has 20 heavy (non-hydrogen) atoms. The number of fused-ring (bicyclic) bond motifs is 1. The zero-order chi connectivity index (χ0) is 14.1. The average molecular weight is 330 g/mol. The van der Waals surface area contributed by atoms with Crippen molar-refractivity contribution in [2.45, 2.75) is 0 Å². The smallest absolute Gasteiger partial charge is 0.196 e. The molecule has 2 aromatic carbocycles. The SMILES string of the molecule is O=C(c1cccc(F)c1Br)c1cncc2ccccc12. The number of carbonyl (C=O) groups is 1. The molecular weight excluding hydrogens is 321 g/mol. The van der Waals surface area contributed by atoms with Crippen molar-refractivity contribution in [3.05, 3.63) is 76.3 Å². The van der Waals surface area contributed by atoms with E-state index in [0.717, 1.165) is 10.8 Å². The molecule has 0 radical (unpaired) electrons. The molecule has 0 fully saturated rings. The number of aromatic nitrogens is 1. The highest BCUT2D eigenvalue weighted by molar-refractivity contribution is 9.10. The molecular formula is C16H9BrFNO. The lowest BCUT2D eigenvalue weighted by Crippen LogP contribution is -2.04. The summed E-state index contributed by atoms with van der Waals surface area (Å²) in [5, 5.41) is 1.69. The number of rotatable bonds is 2. The molecule has 1 aromatic heterocycles. The van der Waals surface area contributed by atoms with Crippen LogP contribution in [0.5, 0.6) is 0 Å². The molecule has 1 heterocycles. The summed E-state index contributed by atoms with van der Waals surface area (Å²) in [5.41, 5.74) is 0.762. The molecule has 0 bridgehead atoms. The van der Waals surface area contributed by atoms with Crippen molar-refractivity contribution < 1.29 is 9.18 Å². The van der Waals surface area contributed by atoms with Crippen molar-refractivity contribution in [1.82, 2.24) is 4.98 Å². The van der Waals surface area contributed by atoms with Crippen LogP contribution in [0.3, 0.4) is 0 Å². The van der Waals surface area contributed by atoms with Gasteiger partial charge in [0.15, 0.2) is 5.78 Å². The summed E-state index contributed by atoms with van der Waals surface area (Å²) in [6.45, 7) is 0. The monoisotopic (exact) mass is 329 g/mol. The molecule has 0 atom stereocenters. The Hall–Kier alpha value is -2.07. The molecule has 3 rings (SSSR count). The van der Waals surface area contributed by atoms with Crippen LogP contribution in [-0.4, -0.2) is 10.8 Å². The molecule has 98 valence electrons. The van der Waals surface area contributed by atoms with Crippen LogP contribution < -0.4 is 0 Å². The van der Waals surface area contributed by atoms with Crippen molar-refractivity contribution in [1.29, 1.82) is 0 Å². The molecule has 0 N–H and O–H groups in total. The van der Waals surface area contributed by atoms with Crippen LogP contribution in [0.2, 0.25) is 0 Å². The van der Waals surface area contributed by atoms with Crippen LogP contribution in [0.1, 0.15) is 15.9 Å². The van der Waals surface area contributed by atoms with Gasteiger partial charge in [-0.2, -0.15) is 0 Å². The van der Waals surface area contributed by atoms with E-state index in [1.165, 1.54) is 18.3 Å². The Morgan fingerprint density at radius 3 is 2.65 bits per heavy atom. The lowest BCUT2D eigenvalue weighted by Gasteiger charge is -2.07. The van der Waals surface area contributed by atoms with Crippen LogP contribution in [-0.2, 0) is 0 Å². The Bertz CT molecular complexity index is 811. The Morgan fingerprint density at radius 2 is 1.80 bits per heavy atom. The van der Waals surface area contributed by atoms with Crippen LogP contribution in [0.4, 0.5) is 4.39 Å². The van der Waals surface area contributed by atoms with E-state index in [0.29, 0.717) is 11.1 Å². The van der Waals surface area contributed by atoms with E-state index < -0.39 is 5.82 Å². The highest BCUT2D eigenvalue weighted by Gasteiger charge is 2.17.